The van der Waals surface area contributed by atoms with Crippen molar-refractivity contribution >= 4 is 13.8 Å². The smallest absolute Gasteiger partial charge is 0.189 e. The number of aliphatic hydroxyl groups is 1. The number of para-hydroxylation sites is 1. The third-order valence-electron chi connectivity index (χ3n) is 2.22. The van der Waals surface area contributed by atoms with E-state index in [9.17, 15) is 5.11 Å². The Labute approximate surface area is 91.2 Å². The molecule has 0 saturated carbocycles. The predicted octanol–water partition coefficient (Wildman–Crippen LogP) is 1.34. The van der Waals surface area contributed by atoms with Crippen molar-refractivity contribution in [3.05, 3.63) is 29.8 Å². The van der Waals surface area contributed by atoms with Crippen LogP contribution in [0.4, 0.5) is 0 Å². The Morgan fingerprint density at radius 3 is 2.67 bits per heavy atom. The number of rotatable bonds is 5. The Bertz CT molecular complexity index is 341. The van der Waals surface area contributed by atoms with E-state index in [0.29, 0.717) is 6.54 Å². The Morgan fingerprint density at radius 2 is 2.13 bits per heavy atom. The highest BCUT2D eigenvalue weighted by molar-refractivity contribution is 7.55. The highest BCUT2D eigenvalue weighted by atomic mass is 31.1. The van der Waals surface area contributed by atoms with E-state index >= 15 is 0 Å². The Hall–Kier alpha value is -0.890. The van der Waals surface area contributed by atoms with Gasteiger partial charge in [-0.05, 0) is 6.07 Å². The molecule has 0 spiro atoms. The van der Waals surface area contributed by atoms with Crippen LogP contribution in [-0.4, -0.2) is 35.6 Å². The number of nitrogens with one attached hydrogen (secondary N) is 1. The minimum Gasteiger partial charge on any atom is -0.508 e. The van der Waals surface area contributed by atoms with Crippen molar-refractivity contribution in [3.8, 4) is 5.75 Å². The molecule has 4 heteroatoms. The maximum Gasteiger partial charge on any atom is 0.189 e. The lowest BCUT2D eigenvalue weighted by Crippen LogP contribution is -2.28. The number of hydrogen-bond acceptors (Lipinski definition) is 3. The van der Waals surface area contributed by atoms with Crippen LogP contribution in [0.1, 0.15) is 5.56 Å². The van der Waals surface area contributed by atoms with Gasteiger partial charge in [-0.25, -0.2) is 0 Å². The summed E-state index contributed by atoms with van der Waals surface area (Å²) in [5.74, 6) is 0.311. The second kappa shape index (κ2) is 5.86. The number of phenols is 1. The van der Waals surface area contributed by atoms with Crippen LogP contribution in [0.5, 0.6) is 5.75 Å². The highest BCUT2D eigenvalue weighted by Crippen LogP contribution is 2.21. The quantitative estimate of drug-likeness (QED) is 0.664. The van der Waals surface area contributed by atoms with Crippen LogP contribution in [0, 0.1) is 0 Å². The molecule has 0 aliphatic heterocycles. The largest absolute Gasteiger partial charge is 0.508 e. The van der Waals surface area contributed by atoms with Gasteiger partial charge in [0.15, 0.2) is 5.78 Å². The molecule has 0 radical (unpaired) electrons. The number of aromatic hydroxyl groups is 1. The molecular formula is C11H17NO2P+. The minimum absolute atomic E-state index is 0.0274. The summed E-state index contributed by atoms with van der Waals surface area (Å²) in [7, 11) is -0.463. The van der Waals surface area contributed by atoms with Gasteiger partial charge in [0.05, 0.1) is 13.0 Å². The van der Waals surface area contributed by atoms with Crippen LogP contribution in [0.3, 0.4) is 0 Å². The first-order valence-electron chi connectivity index (χ1n) is 4.79. The van der Waals surface area contributed by atoms with Gasteiger partial charge in [0, 0.05) is 12.1 Å². The van der Waals surface area contributed by atoms with E-state index in [4.69, 9.17) is 5.11 Å². The van der Waals surface area contributed by atoms with E-state index in [2.05, 4.69) is 11.6 Å². The molecule has 0 aliphatic rings. The molecule has 2 atom stereocenters. The zero-order valence-electron chi connectivity index (χ0n) is 8.85. The number of hydrogen-bond donors (Lipinski definition) is 3. The van der Waals surface area contributed by atoms with Gasteiger partial charge in [-0.15, -0.1) is 0 Å². The summed E-state index contributed by atoms with van der Waals surface area (Å²) in [6, 6.07) is 7.18. The van der Waals surface area contributed by atoms with Crippen molar-refractivity contribution in [1.29, 1.82) is 0 Å². The summed E-state index contributed by atoms with van der Waals surface area (Å²) in [4.78, 5) is 0. The summed E-state index contributed by atoms with van der Waals surface area (Å²) in [6.07, 6.45) is 3.92. The topological polar surface area (TPSA) is 52.5 Å². The van der Waals surface area contributed by atoms with Gasteiger partial charge in [-0.3, -0.25) is 5.32 Å². The molecule has 1 rings (SSSR count). The summed E-state index contributed by atoms with van der Waals surface area (Å²) in [6.45, 7) is 2.65. The van der Waals surface area contributed by atoms with Gasteiger partial charge < -0.3 is 10.2 Å². The van der Waals surface area contributed by atoms with Crippen molar-refractivity contribution in [2.75, 3.05) is 13.3 Å². The second-order valence-electron chi connectivity index (χ2n) is 3.46. The lowest BCUT2D eigenvalue weighted by molar-refractivity contribution is 0.278. The van der Waals surface area contributed by atoms with Crippen molar-refractivity contribution in [2.24, 2.45) is 0 Å². The van der Waals surface area contributed by atoms with Gasteiger partial charge in [0.2, 0.25) is 0 Å². The molecule has 82 valence electrons. The Balaban J connectivity index is 2.56. The lowest BCUT2D eigenvalue weighted by atomic mass is 10.2. The van der Waals surface area contributed by atoms with Gasteiger partial charge in [0.25, 0.3) is 0 Å². The Kier molecular flexibility index (Phi) is 4.76. The van der Waals surface area contributed by atoms with Gasteiger partial charge in [-0.2, -0.15) is 0 Å². The second-order valence-corrected chi connectivity index (χ2v) is 5.60. The van der Waals surface area contributed by atoms with Crippen LogP contribution < -0.4 is 5.32 Å². The average Bonchev–Trinajstić information content (AvgIpc) is 2.21. The van der Waals surface area contributed by atoms with E-state index < -0.39 is 7.55 Å². The van der Waals surface area contributed by atoms with E-state index in [0.717, 1.165) is 5.56 Å². The summed E-state index contributed by atoms with van der Waals surface area (Å²) in [5, 5.41) is 21.8. The molecular weight excluding hydrogens is 209 g/mol. The van der Waals surface area contributed by atoms with Crippen LogP contribution in [0.25, 0.3) is 0 Å². The average molecular weight is 226 g/mol. The van der Waals surface area contributed by atoms with E-state index in [1.807, 2.05) is 18.8 Å². The SMILES string of the molecule is C=[P+](C)C(CO)NCc1ccccc1O. The number of phenolic OH excluding ortho intramolecular Hbond substituents is 1. The van der Waals surface area contributed by atoms with Crippen molar-refractivity contribution < 1.29 is 10.2 Å². The predicted molar refractivity (Wildman–Crippen MR) is 65.8 cm³/mol. The summed E-state index contributed by atoms with van der Waals surface area (Å²) < 4.78 is 0. The van der Waals surface area contributed by atoms with E-state index in [-0.39, 0.29) is 18.1 Å². The van der Waals surface area contributed by atoms with Crippen LogP contribution in [0.15, 0.2) is 24.3 Å². The molecule has 0 amide bonds. The van der Waals surface area contributed by atoms with Gasteiger partial charge in [0.1, 0.15) is 19.9 Å². The normalized spacial score (nSPS) is 13.6. The third kappa shape index (κ3) is 3.63. The van der Waals surface area contributed by atoms with Crippen molar-refractivity contribution in [1.82, 2.24) is 5.32 Å². The van der Waals surface area contributed by atoms with Crippen LogP contribution in [-0.2, 0) is 6.54 Å². The first-order chi connectivity index (χ1) is 7.15. The highest BCUT2D eigenvalue weighted by Gasteiger charge is 2.16. The van der Waals surface area contributed by atoms with E-state index in [1.165, 1.54) is 0 Å². The molecule has 0 fully saturated rings. The monoisotopic (exact) mass is 226 g/mol. The fourth-order valence-electron chi connectivity index (χ4n) is 1.25. The molecule has 1 aromatic carbocycles. The summed E-state index contributed by atoms with van der Waals surface area (Å²) >= 11 is 0. The molecule has 0 aliphatic carbocycles. The maximum atomic E-state index is 9.52. The molecule has 0 bridgehead atoms. The molecule has 2 unspecified atom stereocenters. The van der Waals surface area contributed by atoms with E-state index in [1.54, 1.807) is 12.1 Å². The van der Waals surface area contributed by atoms with Crippen LogP contribution >= 0.6 is 7.55 Å². The molecule has 3 N–H and O–H groups in total. The minimum atomic E-state index is -0.463. The molecule has 0 heterocycles. The lowest BCUT2D eigenvalue weighted by Gasteiger charge is -2.10. The van der Waals surface area contributed by atoms with Gasteiger partial charge in [-0.1, -0.05) is 18.2 Å². The third-order valence-corrected chi connectivity index (χ3v) is 3.63. The molecule has 3 nitrogen and oxygen atoms in total. The van der Waals surface area contributed by atoms with Gasteiger partial charge >= 0.3 is 0 Å². The number of aliphatic hydroxyl groups excluding tert-OH is 1. The van der Waals surface area contributed by atoms with Crippen LogP contribution in [0.2, 0.25) is 0 Å². The molecule has 1 aromatic rings. The van der Waals surface area contributed by atoms with Crippen molar-refractivity contribution in [3.63, 3.8) is 0 Å². The molecule has 0 aromatic heterocycles. The first kappa shape index (κ1) is 12.2. The standard InChI is InChI=1S/C11H16NO2P/c1-15(2)11(8-13)12-7-9-5-3-4-6-10(9)14/h3-6,11-13H,1,7-8H2,2H3/p+1. The Morgan fingerprint density at radius 1 is 1.47 bits per heavy atom. The summed E-state index contributed by atoms with van der Waals surface area (Å²) in [5.41, 5.74) is 0.841. The molecule has 15 heavy (non-hydrogen) atoms. The molecule has 0 saturated heterocycles. The fraction of sp³-hybridized carbons (Fsp3) is 0.364. The fourth-order valence-corrected chi connectivity index (χ4v) is 1.93. The maximum absolute atomic E-state index is 9.52. The zero-order chi connectivity index (χ0) is 11.3. The number of benzene rings is 1. The van der Waals surface area contributed by atoms with Crippen molar-refractivity contribution in [2.45, 2.75) is 12.3 Å². The first-order valence-corrected chi connectivity index (χ1v) is 6.84. The zero-order valence-corrected chi connectivity index (χ0v) is 9.74.